The van der Waals surface area contributed by atoms with Crippen LogP contribution in [0.25, 0.3) is 21.2 Å². The summed E-state index contributed by atoms with van der Waals surface area (Å²) >= 11 is 1.49. The fourth-order valence-corrected chi connectivity index (χ4v) is 3.50. The number of fused-ring (bicyclic) bond motifs is 2. The molecule has 0 aliphatic carbocycles. The number of thiazole rings is 1. The van der Waals surface area contributed by atoms with Crippen LogP contribution < -0.4 is 5.32 Å². The number of hydrogen-bond acceptors (Lipinski definition) is 5. The summed E-state index contributed by atoms with van der Waals surface area (Å²) in [7, 11) is 0. The molecule has 6 heteroatoms. The minimum Gasteiger partial charge on any atom is -0.453 e. The van der Waals surface area contributed by atoms with Crippen molar-refractivity contribution in [2.45, 2.75) is 6.92 Å². The van der Waals surface area contributed by atoms with Gasteiger partial charge in [0.1, 0.15) is 11.4 Å². The quantitative estimate of drug-likeness (QED) is 0.543. The Hall–Kier alpha value is -2.73. The van der Waals surface area contributed by atoms with E-state index in [9.17, 15) is 9.18 Å². The number of aromatic nitrogens is 1. The first kappa shape index (κ1) is 14.8. The summed E-state index contributed by atoms with van der Waals surface area (Å²) in [6.45, 7) is 1.83. The molecule has 0 bridgehead atoms. The zero-order chi connectivity index (χ0) is 16.7. The predicted octanol–water partition coefficient (Wildman–Crippen LogP) is 4.78. The molecule has 0 amide bonds. The smallest absolute Gasteiger partial charge is 0.217 e. The van der Waals surface area contributed by atoms with Gasteiger partial charge in [-0.1, -0.05) is 23.5 Å². The lowest BCUT2D eigenvalue weighted by molar-refractivity contribution is 0.0981. The van der Waals surface area contributed by atoms with E-state index in [-0.39, 0.29) is 23.9 Å². The molecule has 0 fully saturated rings. The second-order valence-corrected chi connectivity index (χ2v) is 6.49. The van der Waals surface area contributed by atoms with E-state index in [0.717, 1.165) is 10.2 Å². The fraction of sp³-hybridized carbons (Fsp3) is 0.111. The van der Waals surface area contributed by atoms with E-state index in [2.05, 4.69) is 10.3 Å². The molecule has 120 valence electrons. The van der Waals surface area contributed by atoms with Crippen molar-refractivity contribution in [2.75, 3.05) is 11.9 Å². The SMILES string of the molecule is Cc1c(C(=O)CNc2nc3ccccc3s2)oc2ccc(F)cc12. The van der Waals surface area contributed by atoms with Gasteiger partial charge in [-0.3, -0.25) is 4.79 Å². The molecule has 0 spiro atoms. The van der Waals surface area contributed by atoms with Gasteiger partial charge in [0.05, 0.1) is 16.8 Å². The second-order valence-electron chi connectivity index (χ2n) is 5.46. The van der Waals surface area contributed by atoms with Gasteiger partial charge in [-0.25, -0.2) is 9.37 Å². The predicted molar refractivity (Wildman–Crippen MR) is 93.3 cm³/mol. The van der Waals surface area contributed by atoms with Crippen molar-refractivity contribution in [2.24, 2.45) is 0 Å². The van der Waals surface area contributed by atoms with Gasteiger partial charge in [-0.15, -0.1) is 0 Å². The monoisotopic (exact) mass is 340 g/mol. The molecular weight excluding hydrogens is 327 g/mol. The lowest BCUT2D eigenvalue weighted by atomic mass is 10.1. The normalized spacial score (nSPS) is 11.2. The first-order chi connectivity index (χ1) is 11.6. The van der Waals surface area contributed by atoms with E-state index >= 15 is 0 Å². The average molecular weight is 340 g/mol. The van der Waals surface area contributed by atoms with Crippen molar-refractivity contribution < 1.29 is 13.6 Å². The molecule has 24 heavy (non-hydrogen) atoms. The number of rotatable bonds is 4. The number of benzene rings is 2. The Morgan fingerprint density at radius 1 is 1.29 bits per heavy atom. The van der Waals surface area contributed by atoms with Crippen LogP contribution in [0.5, 0.6) is 0 Å². The van der Waals surface area contributed by atoms with Crippen molar-refractivity contribution in [3.05, 3.63) is 59.6 Å². The number of Topliss-reactive ketones (excluding diaryl/α,β-unsaturated/α-hetero) is 1. The van der Waals surface area contributed by atoms with Gasteiger partial charge in [0.2, 0.25) is 5.78 Å². The fourth-order valence-electron chi connectivity index (χ4n) is 2.64. The average Bonchev–Trinajstić information content (AvgIpc) is 3.14. The van der Waals surface area contributed by atoms with Gasteiger partial charge >= 0.3 is 0 Å². The maximum atomic E-state index is 13.4. The summed E-state index contributed by atoms with van der Waals surface area (Å²) < 4.78 is 20.0. The summed E-state index contributed by atoms with van der Waals surface area (Å²) in [6, 6.07) is 12.0. The molecule has 0 radical (unpaired) electrons. The molecule has 0 saturated carbocycles. The van der Waals surface area contributed by atoms with Crippen LogP contribution in [0.3, 0.4) is 0 Å². The third-order valence-electron chi connectivity index (χ3n) is 3.85. The minimum atomic E-state index is -0.349. The Bertz CT molecular complexity index is 1030. The van der Waals surface area contributed by atoms with Crippen LogP contribution in [0.15, 0.2) is 46.9 Å². The van der Waals surface area contributed by atoms with Gasteiger partial charge in [-0.05, 0) is 37.3 Å². The molecule has 2 heterocycles. The zero-order valence-corrected chi connectivity index (χ0v) is 13.6. The van der Waals surface area contributed by atoms with Crippen molar-refractivity contribution >= 4 is 43.4 Å². The molecular formula is C18H13FN2O2S. The second kappa shape index (κ2) is 5.72. The Balaban J connectivity index is 1.56. The molecule has 0 unspecified atom stereocenters. The number of nitrogens with one attached hydrogen (secondary N) is 1. The lowest BCUT2D eigenvalue weighted by Crippen LogP contribution is -2.14. The van der Waals surface area contributed by atoms with Crippen molar-refractivity contribution in [3.8, 4) is 0 Å². The summed E-state index contributed by atoms with van der Waals surface area (Å²) in [4.78, 5) is 16.9. The number of aryl methyl sites for hydroxylation is 1. The number of halogens is 1. The highest BCUT2D eigenvalue weighted by atomic mass is 32.1. The lowest BCUT2D eigenvalue weighted by Gasteiger charge is -2.00. The zero-order valence-electron chi connectivity index (χ0n) is 12.8. The molecule has 2 aromatic carbocycles. The number of hydrogen-bond donors (Lipinski definition) is 1. The maximum Gasteiger partial charge on any atom is 0.217 e. The molecule has 1 N–H and O–H groups in total. The highest BCUT2D eigenvalue weighted by molar-refractivity contribution is 7.22. The summed E-state index contributed by atoms with van der Waals surface area (Å²) in [5.74, 6) is -0.287. The summed E-state index contributed by atoms with van der Waals surface area (Å²) in [6.07, 6.45) is 0. The van der Waals surface area contributed by atoms with Gasteiger partial charge in [0, 0.05) is 10.9 Å². The molecule has 4 rings (SSSR count). The highest BCUT2D eigenvalue weighted by Crippen LogP contribution is 2.27. The first-order valence-corrected chi connectivity index (χ1v) is 8.25. The summed E-state index contributed by atoms with van der Waals surface area (Å²) in [5, 5.41) is 4.35. The molecule has 0 aliphatic rings. The van der Waals surface area contributed by atoms with Gasteiger partial charge in [-0.2, -0.15) is 0 Å². The minimum absolute atomic E-state index is 0.0724. The van der Waals surface area contributed by atoms with Crippen molar-refractivity contribution in [1.29, 1.82) is 0 Å². The molecule has 4 aromatic rings. The Kier molecular flexibility index (Phi) is 3.54. The van der Waals surface area contributed by atoms with Crippen molar-refractivity contribution in [1.82, 2.24) is 4.98 Å². The van der Waals surface area contributed by atoms with Crippen LogP contribution >= 0.6 is 11.3 Å². The van der Waals surface area contributed by atoms with Gasteiger partial charge in [0.25, 0.3) is 0 Å². The van der Waals surface area contributed by atoms with Crippen LogP contribution in [0.1, 0.15) is 16.1 Å². The number of ketones is 1. The Morgan fingerprint density at radius 3 is 2.96 bits per heavy atom. The van der Waals surface area contributed by atoms with E-state index in [1.54, 1.807) is 6.92 Å². The third kappa shape index (κ3) is 2.55. The van der Waals surface area contributed by atoms with E-state index in [1.807, 2.05) is 24.3 Å². The van der Waals surface area contributed by atoms with E-state index < -0.39 is 0 Å². The van der Waals surface area contributed by atoms with Gasteiger partial charge in [0.15, 0.2) is 10.9 Å². The number of carbonyl (C=O) groups excluding carboxylic acids is 1. The number of anilines is 1. The molecule has 0 atom stereocenters. The highest BCUT2D eigenvalue weighted by Gasteiger charge is 2.18. The van der Waals surface area contributed by atoms with Crippen molar-refractivity contribution in [3.63, 3.8) is 0 Å². The Labute approximate surface area is 140 Å². The van der Waals surface area contributed by atoms with Crippen LogP contribution in [0.2, 0.25) is 0 Å². The van der Waals surface area contributed by atoms with E-state index in [1.165, 1.54) is 29.5 Å². The first-order valence-electron chi connectivity index (χ1n) is 7.43. The van der Waals surface area contributed by atoms with E-state index in [4.69, 9.17) is 4.42 Å². The molecule has 4 nitrogen and oxygen atoms in total. The number of para-hydroxylation sites is 1. The largest absolute Gasteiger partial charge is 0.453 e. The molecule has 2 aromatic heterocycles. The Morgan fingerprint density at radius 2 is 2.12 bits per heavy atom. The number of nitrogens with zero attached hydrogens (tertiary/aromatic N) is 1. The summed E-state index contributed by atoms with van der Waals surface area (Å²) in [5.41, 5.74) is 2.06. The maximum absolute atomic E-state index is 13.4. The van der Waals surface area contributed by atoms with Crippen LogP contribution in [-0.2, 0) is 0 Å². The number of carbonyl (C=O) groups is 1. The molecule has 0 aliphatic heterocycles. The molecule has 0 saturated heterocycles. The van der Waals surface area contributed by atoms with Crippen LogP contribution in [-0.4, -0.2) is 17.3 Å². The van der Waals surface area contributed by atoms with E-state index in [0.29, 0.717) is 21.7 Å². The van der Waals surface area contributed by atoms with Gasteiger partial charge < -0.3 is 9.73 Å². The topological polar surface area (TPSA) is 55.1 Å². The number of furan rings is 1. The standard InChI is InChI=1S/C18H13FN2O2S/c1-10-12-8-11(19)6-7-15(12)23-17(10)14(22)9-20-18-21-13-4-2-3-5-16(13)24-18/h2-8H,9H2,1H3,(H,20,21). The van der Waals surface area contributed by atoms with Crippen LogP contribution in [0, 0.1) is 12.7 Å². The third-order valence-corrected chi connectivity index (χ3v) is 4.84. The van der Waals surface area contributed by atoms with Crippen LogP contribution in [0.4, 0.5) is 9.52 Å².